The van der Waals surface area contributed by atoms with Crippen molar-refractivity contribution in [2.45, 2.75) is 6.42 Å². The molecule has 1 N–H and O–H groups in total. The molecule has 0 aliphatic carbocycles. The summed E-state index contributed by atoms with van der Waals surface area (Å²) >= 11 is 0. The highest BCUT2D eigenvalue weighted by Gasteiger charge is 2.08. The summed E-state index contributed by atoms with van der Waals surface area (Å²) in [6.07, 6.45) is 0.320. The largest absolute Gasteiger partial charge is 0.344 e. The van der Waals surface area contributed by atoms with E-state index < -0.39 is 0 Å². The molecule has 0 aromatic heterocycles. The summed E-state index contributed by atoms with van der Waals surface area (Å²) in [6.45, 7) is 1.45. The fourth-order valence-corrected chi connectivity index (χ4v) is 1.32. The highest BCUT2D eigenvalue weighted by Crippen LogP contribution is 2.04. The van der Waals surface area contributed by atoms with Crippen molar-refractivity contribution in [3.8, 4) is 0 Å². The molecule has 1 amide bonds. The van der Waals surface area contributed by atoms with Gasteiger partial charge in [0.2, 0.25) is 5.91 Å². The van der Waals surface area contributed by atoms with Gasteiger partial charge >= 0.3 is 0 Å². The van der Waals surface area contributed by atoms with Crippen molar-refractivity contribution in [3.05, 3.63) is 35.6 Å². The number of carbonyl (C=O) groups excluding carboxylic acids is 1. The third-order valence-corrected chi connectivity index (χ3v) is 2.39. The van der Waals surface area contributed by atoms with Gasteiger partial charge in [0, 0.05) is 20.1 Å². The number of benzene rings is 1. The van der Waals surface area contributed by atoms with Gasteiger partial charge in [0.1, 0.15) is 5.82 Å². The van der Waals surface area contributed by atoms with Gasteiger partial charge in [0.15, 0.2) is 0 Å². The standard InChI is InChI=1S/C12H17FN2O/c1-14-7-8-15(2)12(16)9-10-3-5-11(13)6-4-10/h3-6,14H,7-9H2,1-2H3. The summed E-state index contributed by atoms with van der Waals surface area (Å²) in [6, 6.07) is 6.02. The van der Waals surface area contributed by atoms with Crippen LogP contribution >= 0.6 is 0 Å². The van der Waals surface area contributed by atoms with Crippen molar-refractivity contribution >= 4 is 5.91 Å². The van der Waals surface area contributed by atoms with Gasteiger partial charge in [-0.15, -0.1) is 0 Å². The third-order valence-electron chi connectivity index (χ3n) is 2.39. The van der Waals surface area contributed by atoms with E-state index in [0.717, 1.165) is 12.1 Å². The molecule has 0 saturated heterocycles. The van der Waals surface area contributed by atoms with Crippen molar-refractivity contribution in [1.82, 2.24) is 10.2 Å². The van der Waals surface area contributed by atoms with Crippen LogP contribution in [0, 0.1) is 5.82 Å². The zero-order valence-corrected chi connectivity index (χ0v) is 9.66. The van der Waals surface area contributed by atoms with Crippen molar-refractivity contribution in [1.29, 1.82) is 0 Å². The Morgan fingerprint density at radius 1 is 1.38 bits per heavy atom. The molecule has 1 rings (SSSR count). The SMILES string of the molecule is CNCCN(C)C(=O)Cc1ccc(F)cc1. The van der Waals surface area contributed by atoms with Crippen molar-refractivity contribution in [3.63, 3.8) is 0 Å². The fourth-order valence-electron chi connectivity index (χ4n) is 1.32. The van der Waals surface area contributed by atoms with Crippen LogP contribution < -0.4 is 5.32 Å². The number of hydrogen-bond acceptors (Lipinski definition) is 2. The van der Waals surface area contributed by atoms with E-state index in [4.69, 9.17) is 0 Å². The molecule has 0 radical (unpaired) electrons. The van der Waals surface area contributed by atoms with Gasteiger partial charge in [0.25, 0.3) is 0 Å². The van der Waals surface area contributed by atoms with Crippen LogP contribution in [0.5, 0.6) is 0 Å². The lowest BCUT2D eigenvalue weighted by Gasteiger charge is -2.16. The predicted octanol–water partition coefficient (Wildman–Crippen LogP) is 1.05. The fraction of sp³-hybridized carbons (Fsp3) is 0.417. The molecule has 0 saturated carbocycles. The molecule has 0 aliphatic rings. The minimum atomic E-state index is -0.278. The molecule has 0 atom stereocenters. The minimum Gasteiger partial charge on any atom is -0.344 e. The molecule has 0 aliphatic heterocycles. The first kappa shape index (κ1) is 12.6. The van der Waals surface area contributed by atoms with Crippen molar-refractivity contribution in [2.75, 3.05) is 27.2 Å². The van der Waals surface area contributed by atoms with Gasteiger partial charge in [-0.05, 0) is 24.7 Å². The number of likely N-dealkylation sites (N-methyl/N-ethyl adjacent to an activating group) is 2. The number of nitrogens with zero attached hydrogens (tertiary/aromatic N) is 1. The summed E-state index contributed by atoms with van der Waals surface area (Å²) in [5, 5.41) is 2.98. The molecule has 0 heterocycles. The number of rotatable bonds is 5. The topological polar surface area (TPSA) is 32.3 Å². The second-order valence-corrected chi connectivity index (χ2v) is 3.72. The average molecular weight is 224 g/mol. The van der Waals surface area contributed by atoms with E-state index in [1.807, 2.05) is 7.05 Å². The Bertz CT molecular complexity index is 337. The number of nitrogens with one attached hydrogen (secondary N) is 1. The Hall–Kier alpha value is -1.42. The number of amides is 1. The maximum Gasteiger partial charge on any atom is 0.226 e. The Labute approximate surface area is 95.3 Å². The number of halogens is 1. The van der Waals surface area contributed by atoms with Crippen LogP contribution in [0.15, 0.2) is 24.3 Å². The molecule has 0 fully saturated rings. The lowest BCUT2D eigenvalue weighted by atomic mass is 10.1. The highest BCUT2D eigenvalue weighted by molar-refractivity contribution is 5.78. The lowest BCUT2D eigenvalue weighted by Crippen LogP contribution is -2.33. The smallest absolute Gasteiger partial charge is 0.226 e. The first-order valence-electron chi connectivity index (χ1n) is 5.26. The Morgan fingerprint density at radius 2 is 2.00 bits per heavy atom. The van der Waals surface area contributed by atoms with Crippen LogP contribution in [-0.4, -0.2) is 38.0 Å². The lowest BCUT2D eigenvalue weighted by molar-refractivity contribution is -0.129. The van der Waals surface area contributed by atoms with E-state index in [-0.39, 0.29) is 11.7 Å². The van der Waals surface area contributed by atoms with Crippen LogP contribution in [-0.2, 0) is 11.2 Å². The maximum atomic E-state index is 12.6. The van der Waals surface area contributed by atoms with E-state index in [9.17, 15) is 9.18 Å². The zero-order chi connectivity index (χ0) is 12.0. The van der Waals surface area contributed by atoms with Crippen molar-refractivity contribution < 1.29 is 9.18 Å². The molecule has 3 nitrogen and oxygen atoms in total. The summed E-state index contributed by atoms with van der Waals surface area (Å²) in [4.78, 5) is 13.4. The molecule has 4 heteroatoms. The van der Waals surface area contributed by atoms with Gasteiger partial charge in [0.05, 0.1) is 6.42 Å². The van der Waals surface area contributed by atoms with Crippen molar-refractivity contribution in [2.24, 2.45) is 0 Å². The third kappa shape index (κ3) is 3.98. The van der Waals surface area contributed by atoms with Gasteiger partial charge in [-0.1, -0.05) is 12.1 Å². The number of carbonyl (C=O) groups is 1. The molecule has 0 bridgehead atoms. The Balaban J connectivity index is 2.47. The van der Waals surface area contributed by atoms with E-state index >= 15 is 0 Å². The highest BCUT2D eigenvalue weighted by atomic mass is 19.1. The van der Waals surface area contributed by atoms with Crippen LogP contribution in [0.25, 0.3) is 0 Å². The normalized spacial score (nSPS) is 10.2. The molecular weight excluding hydrogens is 207 g/mol. The van der Waals surface area contributed by atoms with Crippen LogP contribution in [0.1, 0.15) is 5.56 Å². The molecule has 1 aromatic carbocycles. The number of hydrogen-bond donors (Lipinski definition) is 1. The van der Waals surface area contributed by atoms with Gasteiger partial charge < -0.3 is 10.2 Å². The van der Waals surface area contributed by atoms with E-state index in [1.165, 1.54) is 12.1 Å². The second kappa shape index (κ2) is 6.23. The predicted molar refractivity (Wildman–Crippen MR) is 61.7 cm³/mol. The summed E-state index contributed by atoms with van der Waals surface area (Å²) in [5.41, 5.74) is 0.836. The van der Waals surface area contributed by atoms with E-state index in [0.29, 0.717) is 13.0 Å². The second-order valence-electron chi connectivity index (χ2n) is 3.72. The van der Waals surface area contributed by atoms with Crippen LogP contribution in [0.4, 0.5) is 4.39 Å². The maximum absolute atomic E-state index is 12.6. The van der Waals surface area contributed by atoms with E-state index in [1.54, 1.807) is 24.1 Å². The zero-order valence-electron chi connectivity index (χ0n) is 9.66. The Kier molecular flexibility index (Phi) is 4.92. The summed E-state index contributed by atoms with van der Waals surface area (Å²) in [7, 11) is 3.61. The van der Waals surface area contributed by atoms with Gasteiger partial charge in [-0.3, -0.25) is 4.79 Å². The quantitative estimate of drug-likeness (QED) is 0.810. The van der Waals surface area contributed by atoms with Gasteiger partial charge in [-0.25, -0.2) is 4.39 Å². The average Bonchev–Trinajstić information content (AvgIpc) is 2.29. The van der Waals surface area contributed by atoms with E-state index in [2.05, 4.69) is 5.32 Å². The summed E-state index contributed by atoms with van der Waals surface area (Å²) < 4.78 is 12.6. The summed E-state index contributed by atoms with van der Waals surface area (Å²) in [5.74, 6) is -0.235. The minimum absolute atomic E-state index is 0.0434. The first-order valence-corrected chi connectivity index (χ1v) is 5.26. The van der Waals surface area contributed by atoms with Gasteiger partial charge in [-0.2, -0.15) is 0 Å². The Morgan fingerprint density at radius 3 is 2.56 bits per heavy atom. The molecule has 16 heavy (non-hydrogen) atoms. The molecule has 0 spiro atoms. The molecule has 0 unspecified atom stereocenters. The van der Waals surface area contributed by atoms with Crippen LogP contribution in [0.3, 0.4) is 0 Å². The van der Waals surface area contributed by atoms with Crippen LogP contribution in [0.2, 0.25) is 0 Å². The first-order chi connectivity index (χ1) is 7.63. The molecular formula is C12H17FN2O. The monoisotopic (exact) mass is 224 g/mol. The molecule has 1 aromatic rings. The molecule has 88 valence electrons.